The number of rotatable bonds is 7. The number of anilines is 1. The van der Waals surface area contributed by atoms with Crippen molar-refractivity contribution in [1.29, 1.82) is 5.26 Å². The molecule has 0 amide bonds. The van der Waals surface area contributed by atoms with Gasteiger partial charge in [-0.05, 0) is 36.4 Å². The predicted molar refractivity (Wildman–Crippen MR) is 115 cm³/mol. The van der Waals surface area contributed by atoms with Crippen LogP contribution in [0.2, 0.25) is 0 Å². The van der Waals surface area contributed by atoms with Gasteiger partial charge in [0, 0.05) is 28.9 Å². The second-order valence-electron chi connectivity index (χ2n) is 6.51. The molecule has 0 saturated heterocycles. The maximum atomic E-state index is 12.6. The quantitative estimate of drug-likeness (QED) is 0.364. The summed E-state index contributed by atoms with van der Waals surface area (Å²) in [5, 5.41) is 17.6. The number of halogens is 3. The lowest BCUT2D eigenvalue weighted by atomic mass is 10.1. The van der Waals surface area contributed by atoms with Gasteiger partial charge in [0.05, 0.1) is 16.7 Å². The van der Waals surface area contributed by atoms with E-state index in [9.17, 15) is 26.9 Å². The molecular formula is C20H12F3N5O4S2. The van der Waals surface area contributed by atoms with Gasteiger partial charge in [0.1, 0.15) is 23.3 Å². The first-order valence-electron chi connectivity index (χ1n) is 9.18. The molecule has 0 unspecified atom stereocenters. The molecule has 2 N–H and O–H groups in total. The number of hydrogen-bond acceptors (Lipinski definition) is 8. The largest absolute Gasteiger partial charge is 0.573 e. The fourth-order valence-electron chi connectivity index (χ4n) is 2.84. The highest BCUT2D eigenvalue weighted by atomic mass is 32.2. The number of sulfonamides is 1. The van der Waals surface area contributed by atoms with Crippen molar-refractivity contribution < 1.29 is 31.1 Å². The molecule has 14 heteroatoms. The maximum absolute atomic E-state index is 12.6. The van der Waals surface area contributed by atoms with Crippen LogP contribution in [0.1, 0.15) is 5.56 Å². The van der Waals surface area contributed by atoms with Crippen molar-refractivity contribution >= 4 is 26.5 Å². The number of hydrogen-bond donors (Lipinski definition) is 2. The standard InChI is InChI=1S/C20H12F3N5O4S2/c21-20(22,23)32-14-1-3-18(16(8-14)13-10-26-27-11-13)31-17-4-2-15(7-12(17)9-24)34(29,30)28-19-25-5-6-33-19/h1-8,10-11H,(H,25,28)(H,26,27). The first-order valence-corrected chi connectivity index (χ1v) is 11.5. The topological polar surface area (TPSA) is 130 Å². The van der Waals surface area contributed by atoms with E-state index >= 15 is 0 Å². The first kappa shape index (κ1) is 23.1. The maximum Gasteiger partial charge on any atom is 0.573 e. The molecule has 4 aromatic rings. The summed E-state index contributed by atoms with van der Waals surface area (Å²) < 4.78 is 75.2. The highest BCUT2D eigenvalue weighted by molar-refractivity contribution is 7.93. The number of alkyl halides is 3. The van der Waals surface area contributed by atoms with Gasteiger partial charge in [-0.1, -0.05) is 0 Å². The molecule has 2 aromatic heterocycles. The minimum absolute atomic E-state index is 0.00932. The minimum Gasteiger partial charge on any atom is -0.455 e. The Morgan fingerprint density at radius 2 is 1.94 bits per heavy atom. The number of nitrogens with zero attached hydrogens (tertiary/aromatic N) is 3. The predicted octanol–water partition coefficient (Wildman–Crippen LogP) is 4.90. The summed E-state index contributed by atoms with van der Waals surface area (Å²) in [4.78, 5) is 3.66. The van der Waals surface area contributed by atoms with E-state index in [1.807, 2.05) is 6.07 Å². The number of ether oxygens (including phenoxy) is 2. The van der Waals surface area contributed by atoms with E-state index in [-0.39, 0.29) is 32.7 Å². The molecule has 0 spiro atoms. The molecule has 2 heterocycles. The normalized spacial score (nSPS) is 11.6. The summed E-state index contributed by atoms with van der Waals surface area (Å²) in [6.45, 7) is 0. The Labute approximate surface area is 194 Å². The Kier molecular flexibility index (Phi) is 6.14. The summed E-state index contributed by atoms with van der Waals surface area (Å²) in [5.74, 6) is -0.403. The Morgan fingerprint density at radius 3 is 2.59 bits per heavy atom. The first-order chi connectivity index (χ1) is 16.1. The van der Waals surface area contributed by atoms with Crippen molar-refractivity contribution in [2.75, 3.05) is 4.72 Å². The summed E-state index contributed by atoms with van der Waals surface area (Å²) in [7, 11) is -4.02. The molecule has 0 fully saturated rings. The molecular weight excluding hydrogens is 495 g/mol. The summed E-state index contributed by atoms with van der Waals surface area (Å²) in [6.07, 6.45) is -0.657. The zero-order valence-electron chi connectivity index (χ0n) is 16.7. The Morgan fingerprint density at radius 1 is 1.15 bits per heavy atom. The summed E-state index contributed by atoms with van der Waals surface area (Å²) >= 11 is 1.08. The lowest BCUT2D eigenvalue weighted by Gasteiger charge is -2.15. The van der Waals surface area contributed by atoms with Crippen LogP contribution in [0.5, 0.6) is 17.2 Å². The van der Waals surface area contributed by atoms with Crippen LogP contribution in [0, 0.1) is 11.3 Å². The summed E-state index contributed by atoms with van der Waals surface area (Å²) in [6, 6.07) is 8.87. The number of nitrogens with one attached hydrogen (secondary N) is 2. The molecule has 2 aromatic carbocycles. The highest BCUT2D eigenvalue weighted by Crippen LogP contribution is 2.38. The molecule has 174 valence electrons. The fraction of sp³-hybridized carbons (Fsp3) is 0.0500. The number of benzene rings is 2. The van der Waals surface area contributed by atoms with Crippen molar-refractivity contribution in [2.45, 2.75) is 11.3 Å². The number of nitriles is 1. The lowest BCUT2D eigenvalue weighted by Crippen LogP contribution is -2.17. The molecule has 0 saturated carbocycles. The smallest absolute Gasteiger partial charge is 0.455 e. The van der Waals surface area contributed by atoms with Crippen LogP contribution in [0.15, 0.2) is 65.3 Å². The highest BCUT2D eigenvalue weighted by Gasteiger charge is 2.31. The minimum atomic E-state index is -4.89. The zero-order valence-corrected chi connectivity index (χ0v) is 18.3. The van der Waals surface area contributed by atoms with Crippen LogP contribution in [-0.2, 0) is 10.0 Å². The van der Waals surface area contributed by atoms with Crippen LogP contribution >= 0.6 is 11.3 Å². The molecule has 0 bridgehead atoms. The van der Waals surface area contributed by atoms with E-state index < -0.39 is 22.1 Å². The van der Waals surface area contributed by atoms with Gasteiger partial charge in [-0.15, -0.1) is 24.5 Å². The Balaban J connectivity index is 1.68. The van der Waals surface area contributed by atoms with Crippen LogP contribution in [0.4, 0.5) is 18.3 Å². The number of aromatic nitrogens is 3. The average molecular weight is 507 g/mol. The number of thiazole rings is 1. The molecule has 0 aliphatic heterocycles. The number of H-pyrrole nitrogens is 1. The molecule has 0 aliphatic rings. The average Bonchev–Trinajstić information content (AvgIpc) is 3.48. The van der Waals surface area contributed by atoms with E-state index in [1.165, 1.54) is 36.8 Å². The molecule has 9 nitrogen and oxygen atoms in total. The van der Waals surface area contributed by atoms with Gasteiger partial charge >= 0.3 is 6.36 Å². The van der Waals surface area contributed by atoms with Crippen molar-refractivity contribution in [3.63, 3.8) is 0 Å². The third kappa shape index (κ3) is 5.27. The van der Waals surface area contributed by atoms with Gasteiger partial charge in [0.15, 0.2) is 5.13 Å². The zero-order chi connectivity index (χ0) is 24.3. The van der Waals surface area contributed by atoms with Crippen molar-refractivity contribution in [1.82, 2.24) is 15.2 Å². The van der Waals surface area contributed by atoms with E-state index in [0.717, 1.165) is 29.5 Å². The lowest BCUT2D eigenvalue weighted by molar-refractivity contribution is -0.274. The number of aromatic amines is 1. The van der Waals surface area contributed by atoms with E-state index in [2.05, 4.69) is 24.6 Å². The second kappa shape index (κ2) is 9.04. The third-order valence-electron chi connectivity index (χ3n) is 4.25. The van der Waals surface area contributed by atoms with Gasteiger partial charge in [-0.3, -0.25) is 9.82 Å². The second-order valence-corrected chi connectivity index (χ2v) is 9.08. The van der Waals surface area contributed by atoms with Crippen molar-refractivity contribution in [3.05, 3.63) is 65.9 Å². The SMILES string of the molecule is N#Cc1cc(S(=O)(=O)Nc2nccs2)ccc1Oc1ccc(OC(F)(F)F)cc1-c1cn[nH]c1. The van der Waals surface area contributed by atoms with Crippen LogP contribution < -0.4 is 14.2 Å². The Hall–Kier alpha value is -4.09. The molecule has 4 rings (SSSR count). The van der Waals surface area contributed by atoms with Gasteiger partial charge in [0.2, 0.25) is 0 Å². The van der Waals surface area contributed by atoms with Crippen LogP contribution in [0.3, 0.4) is 0 Å². The Bertz CT molecular complexity index is 1450. The monoisotopic (exact) mass is 507 g/mol. The van der Waals surface area contributed by atoms with Gasteiger partial charge in [-0.25, -0.2) is 13.4 Å². The molecule has 0 atom stereocenters. The van der Waals surface area contributed by atoms with Crippen LogP contribution in [-0.4, -0.2) is 30.0 Å². The molecule has 34 heavy (non-hydrogen) atoms. The van der Waals surface area contributed by atoms with Crippen molar-refractivity contribution in [2.24, 2.45) is 0 Å². The van der Waals surface area contributed by atoms with Crippen molar-refractivity contribution in [3.8, 4) is 34.4 Å². The molecule has 0 aliphatic carbocycles. The van der Waals surface area contributed by atoms with E-state index in [1.54, 1.807) is 5.38 Å². The third-order valence-corrected chi connectivity index (χ3v) is 6.40. The van der Waals surface area contributed by atoms with Gasteiger partial charge in [0.25, 0.3) is 10.0 Å². The summed E-state index contributed by atoms with van der Waals surface area (Å²) in [5.41, 5.74) is 0.477. The van der Waals surface area contributed by atoms with E-state index in [4.69, 9.17) is 4.74 Å². The van der Waals surface area contributed by atoms with Gasteiger partial charge < -0.3 is 9.47 Å². The molecule has 0 radical (unpaired) electrons. The van der Waals surface area contributed by atoms with E-state index in [0.29, 0.717) is 5.56 Å². The van der Waals surface area contributed by atoms with Crippen LogP contribution in [0.25, 0.3) is 11.1 Å². The fourth-order valence-corrected chi connectivity index (χ4v) is 4.65. The van der Waals surface area contributed by atoms with Gasteiger partial charge in [-0.2, -0.15) is 10.4 Å².